The molecule has 6 nitrogen and oxygen atoms in total. The highest BCUT2D eigenvalue weighted by molar-refractivity contribution is 5.97. The molecule has 33 heavy (non-hydrogen) atoms. The van der Waals surface area contributed by atoms with E-state index < -0.39 is 5.95 Å². The molecular formula is C26H28FN5O. The maximum Gasteiger partial charge on any atom is 0.251 e. The van der Waals surface area contributed by atoms with Crippen LogP contribution in [0.2, 0.25) is 0 Å². The number of carbonyl (C=O) groups excluding carboxylic acids is 1. The second-order valence-electron chi connectivity index (χ2n) is 9.06. The van der Waals surface area contributed by atoms with Gasteiger partial charge in [0, 0.05) is 54.1 Å². The van der Waals surface area contributed by atoms with Crippen molar-refractivity contribution in [3.63, 3.8) is 0 Å². The van der Waals surface area contributed by atoms with Crippen molar-refractivity contribution in [2.75, 3.05) is 30.3 Å². The molecule has 0 unspecified atom stereocenters. The van der Waals surface area contributed by atoms with Crippen LogP contribution in [0.15, 0.2) is 48.5 Å². The van der Waals surface area contributed by atoms with E-state index in [9.17, 15) is 9.18 Å². The predicted molar refractivity (Wildman–Crippen MR) is 130 cm³/mol. The Morgan fingerprint density at radius 3 is 2.39 bits per heavy atom. The van der Waals surface area contributed by atoms with E-state index in [-0.39, 0.29) is 11.7 Å². The largest absolute Gasteiger partial charge is 0.383 e. The number of piperazine rings is 1. The number of halogens is 1. The number of aromatic nitrogens is 1. The van der Waals surface area contributed by atoms with E-state index in [2.05, 4.69) is 34.4 Å². The molecule has 4 N–H and O–H groups in total. The third kappa shape index (κ3) is 4.16. The van der Waals surface area contributed by atoms with Crippen LogP contribution in [0.4, 0.5) is 15.9 Å². The molecule has 0 aliphatic carbocycles. The number of nitrogens with one attached hydrogen (secondary N) is 2. The second kappa shape index (κ2) is 8.48. The van der Waals surface area contributed by atoms with Crippen LogP contribution in [0, 0.1) is 5.95 Å². The number of nitrogens with zero attached hydrogens (tertiary/aromatic N) is 2. The van der Waals surface area contributed by atoms with E-state index in [1.807, 2.05) is 36.4 Å². The molecule has 0 radical (unpaired) electrons. The summed E-state index contributed by atoms with van der Waals surface area (Å²) in [6.45, 7) is 6.83. The predicted octanol–water partition coefficient (Wildman–Crippen LogP) is 3.61. The third-order valence-electron chi connectivity index (χ3n) is 6.45. The number of nitrogens with two attached hydrogens (primary N) is 1. The molecule has 0 spiro atoms. The van der Waals surface area contributed by atoms with Gasteiger partial charge in [0.2, 0.25) is 5.95 Å². The zero-order valence-corrected chi connectivity index (χ0v) is 18.9. The van der Waals surface area contributed by atoms with E-state index in [0.29, 0.717) is 35.3 Å². The lowest BCUT2D eigenvalue weighted by Crippen LogP contribution is -2.54. The van der Waals surface area contributed by atoms with Gasteiger partial charge in [-0.25, -0.2) is 4.98 Å². The summed E-state index contributed by atoms with van der Waals surface area (Å²) in [7, 11) is 0. The molecule has 7 heteroatoms. The lowest BCUT2D eigenvalue weighted by atomic mass is 9.94. The van der Waals surface area contributed by atoms with Crippen molar-refractivity contribution in [2.24, 2.45) is 0 Å². The van der Waals surface area contributed by atoms with Crippen LogP contribution in [-0.2, 0) is 6.42 Å². The summed E-state index contributed by atoms with van der Waals surface area (Å²) < 4.78 is 14.9. The van der Waals surface area contributed by atoms with Gasteiger partial charge >= 0.3 is 0 Å². The number of nitrogen functional groups attached to an aromatic ring is 1. The van der Waals surface area contributed by atoms with Gasteiger partial charge < -0.3 is 21.3 Å². The van der Waals surface area contributed by atoms with Crippen molar-refractivity contribution in [3.8, 4) is 22.3 Å². The Kier molecular flexibility index (Phi) is 5.50. The van der Waals surface area contributed by atoms with Gasteiger partial charge in [-0.3, -0.25) is 4.79 Å². The quantitative estimate of drug-likeness (QED) is 0.537. The number of rotatable bonds is 3. The van der Waals surface area contributed by atoms with Crippen molar-refractivity contribution >= 4 is 17.4 Å². The minimum atomic E-state index is -0.592. The molecule has 1 amide bonds. The highest BCUT2D eigenvalue weighted by Gasteiger charge is 2.22. The number of hydrogen-bond acceptors (Lipinski definition) is 5. The van der Waals surface area contributed by atoms with Crippen LogP contribution in [0.5, 0.6) is 0 Å². The number of pyridine rings is 1. The first-order valence-electron chi connectivity index (χ1n) is 11.4. The molecule has 2 atom stereocenters. The fourth-order valence-corrected chi connectivity index (χ4v) is 4.92. The van der Waals surface area contributed by atoms with E-state index in [1.165, 1.54) is 0 Å². The van der Waals surface area contributed by atoms with Crippen molar-refractivity contribution in [1.29, 1.82) is 0 Å². The Balaban J connectivity index is 1.47. The van der Waals surface area contributed by atoms with Crippen LogP contribution in [0.1, 0.15) is 29.8 Å². The standard InChI is InChI=1S/C26H28FN5O/c1-15-13-32(14-16(2)30-15)20-6-3-17(4-7-20)22-12-23(25(28)31-24(22)27)18-5-8-21-19(11-18)9-10-29-26(21)33/h3-8,11-12,15-16,30H,9-10,13-14H2,1-2H3,(H2,28,31)(H,29,33)/t15-,16+. The lowest BCUT2D eigenvalue weighted by Gasteiger charge is -2.37. The average Bonchev–Trinajstić information content (AvgIpc) is 2.79. The zero-order chi connectivity index (χ0) is 23.1. The minimum Gasteiger partial charge on any atom is -0.383 e. The molecule has 1 fully saturated rings. The molecule has 0 bridgehead atoms. The molecule has 2 aliphatic rings. The fourth-order valence-electron chi connectivity index (χ4n) is 4.92. The van der Waals surface area contributed by atoms with Crippen molar-refractivity contribution in [2.45, 2.75) is 32.4 Å². The van der Waals surface area contributed by atoms with Crippen LogP contribution < -0.4 is 21.3 Å². The fraction of sp³-hybridized carbons (Fsp3) is 0.308. The first kappa shape index (κ1) is 21.4. The smallest absolute Gasteiger partial charge is 0.251 e. The average molecular weight is 446 g/mol. The first-order chi connectivity index (χ1) is 15.9. The van der Waals surface area contributed by atoms with Crippen LogP contribution in [-0.4, -0.2) is 42.6 Å². The van der Waals surface area contributed by atoms with E-state index in [0.717, 1.165) is 41.9 Å². The maximum absolute atomic E-state index is 14.9. The third-order valence-corrected chi connectivity index (χ3v) is 6.45. The van der Waals surface area contributed by atoms with Crippen molar-refractivity contribution < 1.29 is 9.18 Å². The maximum atomic E-state index is 14.9. The van der Waals surface area contributed by atoms with Gasteiger partial charge in [0.05, 0.1) is 0 Å². The summed E-state index contributed by atoms with van der Waals surface area (Å²) in [6, 6.07) is 16.1. The number of benzene rings is 2. The summed E-state index contributed by atoms with van der Waals surface area (Å²) >= 11 is 0. The lowest BCUT2D eigenvalue weighted by molar-refractivity contribution is 0.0946. The second-order valence-corrected chi connectivity index (χ2v) is 9.06. The molecular weight excluding hydrogens is 417 g/mol. The molecule has 2 aromatic carbocycles. The Bertz CT molecular complexity index is 1200. The Morgan fingerprint density at radius 2 is 1.67 bits per heavy atom. The normalized spacial score (nSPS) is 20.3. The molecule has 2 aliphatic heterocycles. The van der Waals surface area contributed by atoms with Gasteiger partial charge in [0.15, 0.2) is 0 Å². The SMILES string of the molecule is C[C@@H]1CN(c2ccc(-c3cc(-c4ccc5c(c4)CCNC5=O)c(N)nc3F)cc2)C[C@H](C)N1. The van der Waals surface area contributed by atoms with Gasteiger partial charge in [-0.05, 0) is 61.2 Å². The molecule has 1 aromatic heterocycles. The number of hydrogen-bond donors (Lipinski definition) is 3. The number of anilines is 2. The summed E-state index contributed by atoms with van der Waals surface area (Å²) in [4.78, 5) is 18.4. The summed E-state index contributed by atoms with van der Waals surface area (Å²) in [5, 5.41) is 6.39. The van der Waals surface area contributed by atoms with Gasteiger partial charge in [0.1, 0.15) is 5.82 Å². The Hall–Kier alpha value is -3.45. The minimum absolute atomic E-state index is 0.0675. The van der Waals surface area contributed by atoms with Crippen LogP contribution >= 0.6 is 0 Å². The van der Waals surface area contributed by atoms with Crippen molar-refractivity contribution in [1.82, 2.24) is 15.6 Å². The Morgan fingerprint density at radius 1 is 0.970 bits per heavy atom. The summed E-state index contributed by atoms with van der Waals surface area (Å²) in [6.07, 6.45) is 0.751. The zero-order valence-electron chi connectivity index (χ0n) is 18.9. The van der Waals surface area contributed by atoms with Gasteiger partial charge in [-0.1, -0.05) is 24.3 Å². The number of amides is 1. The number of fused-ring (bicyclic) bond motifs is 1. The van der Waals surface area contributed by atoms with Crippen LogP contribution in [0.25, 0.3) is 22.3 Å². The van der Waals surface area contributed by atoms with Gasteiger partial charge in [0.25, 0.3) is 5.91 Å². The molecule has 1 saturated heterocycles. The summed E-state index contributed by atoms with van der Waals surface area (Å²) in [5.74, 6) is -0.523. The summed E-state index contributed by atoms with van der Waals surface area (Å²) in [5.41, 5.74) is 11.5. The topological polar surface area (TPSA) is 83.3 Å². The Labute approximate surface area is 193 Å². The molecule has 3 aromatic rings. The monoisotopic (exact) mass is 445 g/mol. The number of carbonyl (C=O) groups is 1. The highest BCUT2D eigenvalue weighted by atomic mass is 19.1. The van der Waals surface area contributed by atoms with E-state index >= 15 is 0 Å². The van der Waals surface area contributed by atoms with Gasteiger partial charge in [-0.15, -0.1) is 0 Å². The van der Waals surface area contributed by atoms with E-state index in [4.69, 9.17) is 5.73 Å². The molecule has 0 saturated carbocycles. The van der Waals surface area contributed by atoms with Crippen LogP contribution in [0.3, 0.4) is 0 Å². The van der Waals surface area contributed by atoms with Gasteiger partial charge in [-0.2, -0.15) is 4.39 Å². The van der Waals surface area contributed by atoms with Crippen molar-refractivity contribution in [3.05, 3.63) is 65.6 Å². The van der Waals surface area contributed by atoms with E-state index in [1.54, 1.807) is 12.1 Å². The molecule has 170 valence electrons. The highest BCUT2D eigenvalue weighted by Crippen LogP contribution is 2.34. The first-order valence-corrected chi connectivity index (χ1v) is 11.4. The molecule has 5 rings (SSSR count). The molecule has 3 heterocycles.